The zero-order chi connectivity index (χ0) is 14.8. The van der Waals surface area contributed by atoms with Crippen molar-refractivity contribution >= 4 is 23.5 Å². The van der Waals surface area contributed by atoms with Crippen molar-refractivity contribution in [3.05, 3.63) is 59.9 Å². The number of carboxylic acid groups (broad SMARTS) is 1. The van der Waals surface area contributed by atoms with Crippen LogP contribution in [-0.2, 0) is 5.75 Å². The van der Waals surface area contributed by atoms with E-state index in [1.54, 1.807) is 12.3 Å². The second-order valence-electron chi connectivity index (χ2n) is 4.29. The van der Waals surface area contributed by atoms with Gasteiger partial charge in [0, 0.05) is 29.2 Å². The third-order valence-corrected chi connectivity index (χ3v) is 3.87. The fraction of sp³-hybridized carbons (Fsp3) is 0.0714. The van der Waals surface area contributed by atoms with Crippen LogP contribution in [0.2, 0.25) is 0 Å². The molecule has 21 heavy (non-hydrogen) atoms. The van der Waals surface area contributed by atoms with Crippen molar-refractivity contribution in [3.8, 4) is 0 Å². The highest BCUT2D eigenvalue weighted by atomic mass is 32.2. The second-order valence-corrected chi connectivity index (χ2v) is 5.34. The molecule has 0 aliphatic rings. The van der Waals surface area contributed by atoms with Gasteiger partial charge in [-0.25, -0.2) is 19.2 Å². The molecule has 7 heteroatoms. The first-order valence-electron chi connectivity index (χ1n) is 6.08. The summed E-state index contributed by atoms with van der Waals surface area (Å²) in [6.07, 6.45) is 5.37. The third kappa shape index (κ3) is 2.87. The Morgan fingerprint density at radius 1 is 1.43 bits per heavy atom. The maximum atomic E-state index is 13.3. The number of carboxylic acids is 1. The lowest BCUT2D eigenvalue weighted by atomic mass is 10.2. The Hall–Kier alpha value is -2.41. The number of imidazole rings is 1. The van der Waals surface area contributed by atoms with Gasteiger partial charge in [0.2, 0.25) is 5.78 Å². The molecule has 5 nitrogen and oxygen atoms in total. The lowest BCUT2D eigenvalue weighted by Gasteiger charge is -2.02. The van der Waals surface area contributed by atoms with E-state index in [-0.39, 0.29) is 5.56 Å². The van der Waals surface area contributed by atoms with Crippen LogP contribution < -0.4 is 0 Å². The minimum atomic E-state index is -1.27. The van der Waals surface area contributed by atoms with Crippen LogP contribution in [0.25, 0.3) is 5.78 Å². The van der Waals surface area contributed by atoms with Crippen LogP contribution in [0.15, 0.2) is 47.8 Å². The molecule has 0 spiro atoms. The maximum absolute atomic E-state index is 13.3. The molecular formula is C14H10FN3O2S. The van der Waals surface area contributed by atoms with Crippen molar-refractivity contribution in [1.82, 2.24) is 14.4 Å². The van der Waals surface area contributed by atoms with E-state index in [1.165, 1.54) is 17.8 Å². The van der Waals surface area contributed by atoms with E-state index in [2.05, 4.69) is 9.97 Å². The van der Waals surface area contributed by atoms with Gasteiger partial charge in [0.1, 0.15) is 5.82 Å². The first-order chi connectivity index (χ1) is 10.1. The molecule has 0 saturated carbocycles. The van der Waals surface area contributed by atoms with Gasteiger partial charge in [-0.05, 0) is 24.3 Å². The number of aromatic nitrogens is 3. The smallest absolute Gasteiger partial charge is 0.338 e. The Morgan fingerprint density at radius 2 is 2.29 bits per heavy atom. The van der Waals surface area contributed by atoms with Gasteiger partial charge in [0.15, 0.2) is 0 Å². The van der Waals surface area contributed by atoms with E-state index in [4.69, 9.17) is 5.11 Å². The third-order valence-electron chi connectivity index (χ3n) is 2.84. The predicted octanol–water partition coefficient (Wildman–Crippen LogP) is 2.86. The van der Waals surface area contributed by atoms with Crippen LogP contribution >= 0.6 is 11.8 Å². The minimum absolute atomic E-state index is 0.323. The van der Waals surface area contributed by atoms with E-state index in [0.29, 0.717) is 16.4 Å². The fourth-order valence-corrected chi connectivity index (χ4v) is 2.68. The van der Waals surface area contributed by atoms with Gasteiger partial charge in [0.05, 0.1) is 11.3 Å². The van der Waals surface area contributed by atoms with Crippen molar-refractivity contribution < 1.29 is 14.3 Å². The largest absolute Gasteiger partial charge is 0.478 e. The molecule has 3 aromatic rings. The number of halogens is 1. The van der Waals surface area contributed by atoms with E-state index in [9.17, 15) is 9.18 Å². The van der Waals surface area contributed by atoms with Crippen LogP contribution in [-0.4, -0.2) is 25.4 Å². The Labute approximate surface area is 123 Å². The van der Waals surface area contributed by atoms with Gasteiger partial charge in [-0.3, -0.25) is 4.40 Å². The van der Waals surface area contributed by atoms with Crippen molar-refractivity contribution in [2.24, 2.45) is 0 Å². The van der Waals surface area contributed by atoms with Gasteiger partial charge in [-0.15, -0.1) is 11.8 Å². The van der Waals surface area contributed by atoms with E-state index >= 15 is 0 Å². The Balaban J connectivity index is 1.78. The van der Waals surface area contributed by atoms with Crippen LogP contribution in [0, 0.1) is 5.82 Å². The van der Waals surface area contributed by atoms with Crippen molar-refractivity contribution in [3.63, 3.8) is 0 Å². The maximum Gasteiger partial charge on any atom is 0.338 e. The highest BCUT2D eigenvalue weighted by Crippen LogP contribution is 2.24. The number of nitrogens with zero attached hydrogens (tertiary/aromatic N) is 3. The second kappa shape index (κ2) is 5.53. The molecule has 0 bridgehead atoms. The number of rotatable bonds is 4. The molecule has 0 unspecified atom stereocenters. The normalized spacial score (nSPS) is 10.9. The zero-order valence-corrected chi connectivity index (χ0v) is 11.5. The SMILES string of the molecule is O=C(O)c1cc(SCc2cn3cccnc3n2)ccc1F. The Morgan fingerprint density at radius 3 is 3.05 bits per heavy atom. The summed E-state index contributed by atoms with van der Waals surface area (Å²) in [6, 6.07) is 5.86. The fourth-order valence-electron chi connectivity index (χ4n) is 1.86. The summed E-state index contributed by atoms with van der Waals surface area (Å²) >= 11 is 1.40. The van der Waals surface area contributed by atoms with Gasteiger partial charge in [-0.1, -0.05) is 0 Å². The van der Waals surface area contributed by atoms with Crippen LogP contribution in [0.3, 0.4) is 0 Å². The number of fused-ring (bicyclic) bond motifs is 1. The standard InChI is InChI=1S/C14H10FN3O2S/c15-12-3-2-10(6-11(12)13(19)20)21-8-9-7-18-5-1-4-16-14(18)17-9/h1-7H,8H2,(H,19,20). The van der Waals surface area contributed by atoms with Crippen LogP contribution in [0.4, 0.5) is 4.39 Å². The zero-order valence-electron chi connectivity index (χ0n) is 10.7. The highest BCUT2D eigenvalue weighted by molar-refractivity contribution is 7.98. The molecule has 1 aromatic carbocycles. The molecule has 0 amide bonds. The van der Waals surface area contributed by atoms with Crippen LogP contribution in [0.5, 0.6) is 0 Å². The summed E-state index contributed by atoms with van der Waals surface area (Å²) in [6.45, 7) is 0. The summed E-state index contributed by atoms with van der Waals surface area (Å²) in [5.41, 5.74) is 0.497. The summed E-state index contributed by atoms with van der Waals surface area (Å²) < 4.78 is 15.1. The summed E-state index contributed by atoms with van der Waals surface area (Å²) in [5, 5.41) is 8.90. The van der Waals surface area contributed by atoms with E-state index in [1.807, 2.05) is 22.9 Å². The molecule has 0 radical (unpaired) electrons. The summed E-state index contributed by atoms with van der Waals surface area (Å²) in [7, 11) is 0. The lowest BCUT2D eigenvalue weighted by Crippen LogP contribution is -2.00. The number of benzene rings is 1. The molecule has 2 heterocycles. The average Bonchev–Trinajstić information content (AvgIpc) is 2.89. The summed E-state index contributed by atoms with van der Waals surface area (Å²) in [5.74, 6) is -0.845. The molecule has 106 valence electrons. The Kier molecular flexibility index (Phi) is 3.57. The predicted molar refractivity (Wildman–Crippen MR) is 75.9 cm³/mol. The van der Waals surface area contributed by atoms with Crippen molar-refractivity contribution in [2.45, 2.75) is 10.6 Å². The van der Waals surface area contributed by atoms with Gasteiger partial charge in [-0.2, -0.15) is 0 Å². The number of carbonyl (C=O) groups is 1. The van der Waals surface area contributed by atoms with Crippen molar-refractivity contribution in [1.29, 1.82) is 0 Å². The quantitative estimate of drug-likeness (QED) is 0.751. The van der Waals surface area contributed by atoms with Gasteiger partial charge >= 0.3 is 5.97 Å². The summed E-state index contributed by atoms with van der Waals surface area (Å²) in [4.78, 5) is 20.0. The molecule has 3 rings (SSSR count). The van der Waals surface area contributed by atoms with E-state index < -0.39 is 11.8 Å². The lowest BCUT2D eigenvalue weighted by molar-refractivity contribution is 0.0691. The first kappa shape index (κ1) is 13.6. The first-order valence-corrected chi connectivity index (χ1v) is 7.06. The highest BCUT2D eigenvalue weighted by Gasteiger charge is 2.11. The molecular weight excluding hydrogens is 293 g/mol. The van der Waals surface area contributed by atoms with Gasteiger partial charge in [0.25, 0.3) is 0 Å². The van der Waals surface area contributed by atoms with E-state index in [0.717, 1.165) is 11.8 Å². The van der Waals surface area contributed by atoms with Crippen LogP contribution in [0.1, 0.15) is 16.1 Å². The minimum Gasteiger partial charge on any atom is -0.478 e. The Bertz CT molecular complexity index is 786. The topological polar surface area (TPSA) is 67.5 Å². The number of hydrogen-bond acceptors (Lipinski definition) is 4. The number of thioether (sulfide) groups is 1. The molecule has 0 fully saturated rings. The molecule has 0 atom stereocenters. The molecule has 0 aliphatic carbocycles. The molecule has 0 saturated heterocycles. The monoisotopic (exact) mass is 303 g/mol. The molecule has 1 N–H and O–H groups in total. The van der Waals surface area contributed by atoms with Gasteiger partial charge < -0.3 is 5.11 Å². The van der Waals surface area contributed by atoms with Crippen molar-refractivity contribution in [2.75, 3.05) is 0 Å². The molecule has 2 aromatic heterocycles. The number of aromatic carboxylic acids is 1. The number of hydrogen-bond donors (Lipinski definition) is 1. The molecule has 0 aliphatic heterocycles. The average molecular weight is 303 g/mol.